The molecule has 1 aromatic rings. The molecule has 0 bridgehead atoms. The molecule has 0 fully saturated rings. The van der Waals surface area contributed by atoms with E-state index in [1.807, 2.05) is 31.3 Å². The van der Waals surface area contributed by atoms with Gasteiger partial charge in [0, 0.05) is 19.2 Å². The highest BCUT2D eigenvalue weighted by atomic mass is 16.2. The minimum atomic E-state index is 0.128. The van der Waals surface area contributed by atoms with E-state index in [4.69, 9.17) is 0 Å². The number of carbonyl (C=O) groups is 1. The molecule has 2 rings (SSSR count). The Kier molecular flexibility index (Phi) is 3.66. The first-order valence-electron chi connectivity index (χ1n) is 6.28. The van der Waals surface area contributed by atoms with E-state index in [-0.39, 0.29) is 5.91 Å². The average molecular weight is 241 g/mol. The highest BCUT2D eigenvalue weighted by Gasteiger charge is 2.28. The number of benzene rings is 1. The number of nitrogens with zero attached hydrogens (tertiary/aromatic N) is 1. The van der Waals surface area contributed by atoms with Crippen LogP contribution in [0.1, 0.15) is 40.2 Å². The lowest BCUT2D eigenvalue weighted by Crippen LogP contribution is -2.17. The van der Waals surface area contributed by atoms with Gasteiger partial charge in [0.2, 0.25) is 0 Å². The van der Waals surface area contributed by atoms with E-state index in [9.17, 15) is 4.79 Å². The summed E-state index contributed by atoms with van der Waals surface area (Å²) in [4.78, 5) is 13.7. The van der Waals surface area contributed by atoms with E-state index in [1.165, 1.54) is 11.1 Å². The summed E-state index contributed by atoms with van der Waals surface area (Å²) in [6.07, 6.45) is 5.71. The molecular formula is C16H19NO. The summed E-state index contributed by atoms with van der Waals surface area (Å²) in [5.41, 5.74) is 3.30. The largest absolute Gasteiger partial charge is 0.337 e. The van der Waals surface area contributed by atoms with Crippen LogP contribution in [0.5, 0.6) is 0 Å². The van der Waals surface area contributed by atoms with Crippen LogP contribution in [0.15, 0.2) is 43.5 Å². The summed E-state index contributed by atoms with van der Waals surface area (Å²) >= 11 is 0. The van der Waals surface area contributed by atoms with Gasteiger partial charge in [0.25, 0.3) is 5.91 Å². The molecule has 2 heteroatoms. The standard InChI is InChI=1S/C16H19NO/c1-4-7-12(8-5-2)13-9-6-10-14-15(13)11-17(3)16(14)18/h4-6,9-10,12H,1-2,7-8,11H2,3H3. The lowest BCUT2D eigenvalue weighted by molar-refractivity contribution is 0.0816. The van der Waals surface area contributed by atoms with E-state index < -0.39 is 0 Å². The van der Waals surface area contributed by atoms with Crippen LogP contribution in [0.25, 0.3) is 0 Å². The Morgan fingerprint density at radius 2 is 2.00 bits per heavy atom. The summed E-state index contributed by atoms with van der Waals surface area (Å²) < 4.78 is 0. The predicted octanol–water partition coefficient (Wildman–Crippen LogP) is 3.51. The predicted molar refractivity (Wildman–Crippen MR) is 74.6 cm³/mol. The molecule has 0 atom stereocenters. The Bertz CT molecular complexity index is 480. The summed E-state index contributed by atoms with van der Waals surface area (Å²) in [6, 6.07) is 6.02. The molecule has 1 heterocycles. The molecule has 1 amide bonds. The van der Waals surface area contributed by atoms with E-state index in [0.29, 0.717) is 5.92 Å². The lowest BCUT2D eigenvalue weighted by atomic mass is 9.87. The van der Waals surface area contributed by atoms with Gasteiger partial charge in [0.1, 0.15) is 0 Å². The molecule has 0 unspecified atom stereocenters. The first-order chi connectivity index (χ1) is 8.69. The average Bonchev–Trinajstić information content (AvgIpc) is 2.65. The molecule has 0 aliphatic carbocycles. The third kappa shape index (κ3) is 2.10. The Morgan fingerprint density at radius 3 is 2.61 bits per heavy atom. The maximum absolute atomic E-state index is 12.0. The summed E-state index contributed by atoms with van der Waals surface area (Å²) in [5.74, 6) is 0.511. The van der Waals surface area contributed by atoms with Gasteiger partial charge in [-0.25, -0.2) is 0 Å². The van der Waals surface area contributed by atoms with E-state index in [2.05, 4.69) is 19.2 Å². The van der Waals surface area contributed by atoms with Crippen LogP contribution in [0.4, 0.5) is 0 Å². The third-order valence-corrected chi connectivity index (χ3v) is 3.53. The van der Waals surface area contributed by atoms with Crippen molar-refractivity contribution in [2.45, 2.75) is 25.3 Å². The van der Waals surface area contributed by atoms with Crippen LogP contribution >= 0.6 is 0 Å². The van der Waals surface area contributed by atoms with Crippen molar-refractivity contribution < 1.29 is 4.79 Å². The molecule has 94 valence electrons. The van der Waals surface area contributed by atoms with Crippen LogP contribution in [0.3, 0.4) is 0 Å². The number of rotatable bonds is 5. The molecule has 0 radical (unpaired) electrons. The summed E-state index contributed by atoms with van der Waals surface area (Å²) in [7, 11) is 1.85. The highest BCUT2D eigenvalue weighted by Crippen LogP contribution is 2.33. The number of allylic oxidation sites excluding steroid dienone is 2. The zero-order chi connectivity index (χ0) is 13.1. The quantitative estimate of drug-likeness (QED) is 0.722. The Morgan fingerprint density at radius 1 is 1.33 bits per heavy atom. The van der Waals surface area contributed by atoms with Crippen LogP contribution in [0.2, 0.25) is 0 Å². The van der Waals surface area contributed by atoms with Crippen molar-refractivity contribution in [3.63, 3.8) is 0 Å². The van der Waals surface area contributed by atoms with Crippen molar-refractivity contribution in [2.24, 2.45) is 0 Å². The van der Waals surface area contributed by atoms with E-state index in [0.717, 1.165) is 24.9 Å². The second kappa shape index (κ2) is 5.21. The van der Waals surface area contributed by atoms with Crippen LogP contribution in [0, 0.1) is 0 Å². The molecule has 0 aromatic heterocycles. The zero-order valence-corrected chi connectivity index (χ0v) is 10.9. The third-order valence-electron chi connectivity index (χ3n) is 3.53. The van der Waals surface area contributed by atoms with Gasteiger partial charge < -0.3 is 4.90 Å². The molecule has 0 N–H and O–H groups in total. The molecule has 1 aromatic carbocycles. The fourth-order valence-electron chi connectivity index (χ4n) is 2.63. The summed E-state index contributed by atoms with van der Waals surface area (Å²) in [5, 5.41) is 0. The fraction of sp³-hybridized carbons (Fsp3) is 0.312. The molecule has 18 heavy (non-hydrogen) atoms. The first-order valence-corrected chi connectivity index (χ1v) is 6.28. The monoisotopic (exact) mass is 241 g/mol. The van der Waals surface area contributed by atoms with Crippen molar-refractivity contribution in [1.82, 2.24) is 4.90 Å². The molecule has 2 nitrogen and oxygen atoms in total. The van der Waals surface area contributed by atoms with Crippen molar-refractivity contribution in [2.75, 3.05) is 7.05 Å². The smallest absolute Gasteiger partial charge is 0.254 e. The highest BCUT2D eigenvalue weighted by molar-refractivity contribution is 5.98. The topological polar surface area (TPSA) is 20.3 Å². The number of amides is 1. The van der Waals surface area contributed by atoms with Gasteiger partial charge in [-0.2, -0.15) is 0 Å². The maximum Gasteiger partial charge on any atom is 0.254 e. The SMILES string of the molecule is C=CCC(CC=C)c1cccc2c1CN(C)C2=O. The van der Waals surface area contributed by atoms with Gasteiger partial charge in [-0.3, -0.25) is 4.79 Å². The van der Waals surface area contributed by atoms with Crippen molar-refractivity contribution in [3.8, 4) is 0 Å². The number of hydrogen-bond donors (Lipinski definition) is 0. The van der Waals surface area contributed by atoms with Gasteiger partial charge in [-0.1, -0.05) is 24.3 Å². The number of hydrogen-bond acceptors (Lipinski definition) is 1. The van der Waals surface area contributed by atoms with Crippen molar-refractivity contribution in [1.29, 1.82) is 0 Å². The fourth-order valence-corrected chi connectivity index (χ4v) is 2.63. The second-order valence-corrected chi connectivity index (χ2v) is 4.78. The van der Waals surface area contributed by atoms with E-state index >= 15 is 0 Å². The maximum atomic E-state index is 12.0. The van der Waals surface area contributed by atoms with Crippen LogP contribution in [-0.4, -0.2) is 17.9 Å². The van der Waals surface area contributed by atoms with E-state index in [1.54, 1.807) is 4.90 Å². The van der Waals surface area contributed by atoms with Crippen LogP contribution < -0.4 is 0 Å². The zero-order valence-electron chi connectivity index (χ0n) is 10.9. The van der Waals surface area contributed by atoms with Crippen molar-refractivity contribution >= 4 is 5.91 Å². The van der Waals surface area contributed by atoms with Gasteiger partial charge in [-0.05, 0) is 36.0 Å². The molecular weight excluding hydrogens is 222 g/mol. The van der Waals surface area contributed by atoms with Gasteiger partial charge in [0.15, 0.2) is 0 Å². The number of carbonyl (C=O) groups excluding carboxylic acids is 1. The minimum Gasteiger partial charge on any atom is -0.337 e. The van der Waals surface area contributed by atoms with Gasteiger partial charge >= 0.3 is 0 Å². The van der Waals surface area contributed by atoms with Gasteiger partial charge in [-0.15, -0.1) is 13.2 Å². The molecule has 1 aliphatic rings. The molecule has 0 saturated heterocycles. The normalized spacial score (nSPS) is 13.9. The Balaban J connectivity index is 2.43. The molecule has 0 spiro atoms. The number of fused-ring (bicyclic) bond motifs is 1. The lowest BCUT2D eigenvalue weighted by Gasteiger charge is -2.17. The molecule has 1 aliphatic heterocycles. The molecule has 0 saturated carbocycles. The van der Waals surface area contributed by atoms with Gasteiger partial charge in [0.05, 0.1) is 0 Å². The first kappa shape index (κ1) is 12.6. The summed E-state index contributed by atoms with van der Waals surface area (Å²) in [6.45, 7) is 8.36. The Hall–Kier alpha value is -1.83. The van der Waals surface area contributed by atoms with Crippen molar-refractivity contribution in [3.05, 3.63) is 60.2 Å². The Labute approximate surface area is 109 Å². The minimum absolute atomic E-state index is 0.128. The van der Waals surface area contributed by atoms with Crippen LogP contribution in [-0.2, 0) is 6.54 Å². The second-order valence-electron chi connectivity index (χ2n) is 4.78.